The lowest BCUT2D eigenvalue weighted by Gasteiger charge is -2.17. The van der Waals surface area contributed by atoms with Gasteiger partial charge in [-0.3, -0.25) is 0 Å². The normalized spacial score (nSPS) is 10.3. The standard InChI is InChI=1S/C17H16FN5/c1-23(12-13-7-3-2-4-8-13)17-21-16(11-19-22-17)20-15-10-6-5-9-14(15)18/h2-11H,12H2,1H3,(H,20,21,22). The Kier molecular flexibility index (Phi) is 4.42. The molecule has 1 heterocycles. The van der Waals surface area contributed by atoms with E-state index in [-0.39, 0.29) is 5.82 Å². The van der Waals surface area contributed by atoms with Crippen LogP contribution in [0.1, 0.15) is 5.56 Å². The second-order valence-corrected chi connectivity index (χ2v) is 5.09. The molecule has 0 fully saturated rings. The van der Waals surface area contributed by atoms with Crippen LogP contribution in [0, 0.1) is 5.82 Å². The van der Waals surface area contributed by atoms with Crippen LogP contribution in [0.25, 0.3) is 0 Å². The summed E-state index contributed by atoms with van der Waals surface area (Å²) in [6, 6.07) is 16.4. The van der Waals surface area contributed by atoms with Crippen LogP contribution in [0.15, 0.2) is 60.8 Å². The van der Waals surface area contributed by atoms with Crippen molar-refractivity contribution in [3.05, 3.63) is 72.2 Å². The maximum atomic E-state index is 13.7. The van der Waals surface area contributed by atoms with Gasteiger partial charge in [-0.25, -0.2) is 4.39 Å². The zero-order valence-corrected chi connectivity index (χ0v) is 12.6. The number of hydrogen-bond donors (Lipinski definition) is 1. The van der Waals surface area contributed by atoms with Crippen molar-refractivity contribution < 1.29 is 4.39 Å². The minimum Gasteiger partial charge on any atom is -0.338 e. The Morgan fingerprint density at radius 1 is 1.04 bits per heavy atom. The van der Waals surface area contributed by atoms with Crippen LogP contribution in [0.5, 0.6) is 0 Å². The lowest BCUT2D eigenvalue weighted by molar-refractivity contribution is 0.631. The van der Waals surface area contributed by atoms with Gasteiger partial charge in [0, 0.05) is 13.6 Å². The summed E-state index contributed by atoms with van der Waals surface area (Å²) in [5.41, 5.74) is 1.50. The predicted molar refractivity (Wildman–Crippen MR) is 88.1 cm³/mol. The average molecular weight is 309 g/mol. The van der Waals surface area contributed by atoms with Gasteiger partial charge in [-0.15, -0.1) is 5.10 Å². The van der Waals surface area contributed by atoms with Gasteiger partial charge in [0.05, 0.1) is 11.9 Å². The number of nitrogens with zero attached hydrogens (tertiary/aromatic N) is 4. The topological polar surface area (TPSA) is 53.9 Å². The molecule has 0 saturated carbocycles. The molecule has 6 heteroatoms. The van der Waals surface area contributed by atoms with Crippen LogP contribution in [0.4, 0.5) is 21.8 Å². The Labute approximate surface area is 133 Å². The maximum Gasteiger partial charge on any atom is 0.247 e. The Balaban J connectivity index is 1.76. The van der Waals surface area contributed by atoms with Crippen molar-refractivity contribution in [2.45, 2.75) is 6.54 Å². The fourth-order valence-electron chi connectivity index (χ4n) is 2.14. The first-order chi connectivity index (χ1) is 11.2. The zero-order chi connectivity index (χ0) is 16.1. The molecule has 3 aromatic rings. The summed E-state index contributed by atoms with van der Waals surface area (Å²) >= 11 is 0. The van der Waals surface area contributed by atoms with E-state index in [0.717, 1.165) is 5.56 Å². The molecule has 0 saturated heterocycles. The Hall–Kier alpha value is -3.02. The summed E-state index contributed by atoms with van der Waals surface area (Å²) in [6.07, 6.45) is 1.46. The van der Waals surface area contributed by atoms with E-state index in [1.165, 1.54) is 12.3 Å². The first-order valence-corrected chi connectivity index (χ1v) is 7.19. The maximum absolute atomic E-state index is 13.7. The molecule has 23 heavy (non-hydrogen) atoms. The molecule has 3 rings (SSSR count). The molecule has 1 aromatic heterocycles. The molecule has 0 bridgehead atoms. The van der Waals surface area contributed by atoms with E-state index in [1.54, 1.807) is 18.2 Å². The van der Waals surface area contributed by atoms with Gasteiger partial charge in [0.1, 0.15) is 5.82 Å². The van der Waals surface area contributed by atoms with Crippen molar-refractivity contribution in [3.8, 4) is 0 Å². The van der Waals surface area contributed by atoms with E-state index >= 15 is 0 Å². The van der Waals surface area contributed by atoms with E-state index in [1.807, 2.05) is 42.3 Å². The molecular formula is C17H16FN5. The smallest absolute Gasteiger partial charge is 0.247 e. The van der Waals surface area contributed by atoms with E-state index in [0.29, 0.717) is 24.0 Å². The summed E-state index contributed by atoms with van der Waals surface area (Å²) in [5, 5.41) is 10.9. The summed E-state index contributed by atoms with van der Waals surface area (Å²) in [6.45, 7) is 0.658. The van der Waals surface area contributed by atoms with Crippen LogP contribution in [-0.2, 0) is 6.54 Å². The largest absolute Gasteiger partial charge is 0.338 e. The molecule has 0 aliphatic heterocycles. The second-order valence-electron chi connectivity index (χ2n) is 5.09. The van der Waals surface area contributed by atoms with Crippen LogP contribution in [-0.4, -0.2) is 22.2 Å². The van der Waals surface area contributed by atoms with Crippen LogP contribution in [0.2, 0.25) is 0 Å². The van der Waals surface area contributed by atoms with Gasteiger partial charge in [0.25, 0.3) is 0 Å². The van der Waals surface area contributed by atoms with Crippen LogP contribution >= 0.6 is 0 Å². The highest BCUT2D eigenvalue weighted by Crippen LogP contribution is 2.18. The number of rotatable bonds is 5. The molecule has 0 spiro atoms. The number of aromatic nitrogens is 3. The fourth-order valence-corrected chi connectivity index (χ4v) is 2.14. The molecular weight excluding hydrogens is 293 g/mol. The first-order valence-electron chi connectivity index (χ1n) is 7.19. The third-order valence-electron chi connectivity index (χ3n) is 3.29. The number of nitrogens with one attached hydrogen (secondary N) is 1. The first kappa shape index (κ1) is 14.9. The van der Waals surface area contributed by atoms with Crippen molar-refractivity contribution in [3.63, 3.8) is 0 Å². The fraction of sp³-hybridized carbons (Fsp3) is 0.118. The molecule has 0 amide bonds. The van der Waals surface area contributed by atoms with Gasteiger partial charge in [-0.1, -0.05) is 42.5 Å². The third kappa shape index (κ3) is 3.79. The van der Waals surface area contributed by atoms with E-state index in [4.69, 9.17) is 0 Å². The lowest BCUT2D eigenvalue weighted by atomic mass is 10.2. The van der Waals surface area contributed by atoms with Gasteiger partial charge in [0.2, 0.25) is 5.95 Å². The number of hydrogen-bond acceptors (Lipinski definition) is 5. The lowest BCUT2D eigenvalue weighted by Crippen LogP contribution is -2.20. The van der Waals surface area contributed by atoms with Crippen LogP contribution in [0.3, 0.4) is 0 Å². The monoisotopic (exact) mass is 309 g/mol. The van der Waals surface area contributed by atoms with E-state index in [2.05, 4.69) is 20.5 Å². The average Bonchev–Trinajstić information content (AvgIpc) is 2.58. The Morgan fingerprint density at radius 2 is 1.78 bits per heavy atom. The van der Waals surface area contributed by atoms with E-state index in [9.17, 15) is 4.39 Å². The quantitative estimate of drug-likeness (QED) is 0.783. The number of benzene rings is 2. The summed E-state index contributed by atoms with van der Waals surface area (Å²) < 4.78 is 13.7. The van der Waals surface area contributed by atoms with Crippen molar-refractivity contribution in [1.82, 2.24) is 15.2 Å². The molecule has 5 nitrogen and oxygen atoms in total. The van der Waals surface area contributed by atoms with Crippen molar-refractivity contribution in [1.29, 1.82) is 0 Å². The van der Waals surface area contributed by atoms with E-state index < -0.39 is 0 Å². The summed E-state index contributed by atoms with van der Waals surface area (Å²) in [7, 11) is 1.89. The molecule has 0 radical (unpaired) electrons. The molecule has 1 N–H and O–H groups in total. The molecule has 0 aliphatic rings. The summed E-state index contributed by atoms with van der Waals surface area (Å²) in [4.78, 5) is 6.26. The minimum absolute atomic E-state index is 0.342. The predicted octanol–water partition coefficient (Wildman–Crippen LogP) is 3.39. The van der Waals surface area contributed by atoms with Gasteiger partial charge in [0.15, 0.2) is 5.82 Å². The molecule has 0 atom stereocenters. The number of anilines is 3. The van der Waals surface area contributed by atoms with Crippen molar-refractivity contribution in [2.24, 2.45) is 0 Å². The summed E-state index contributed by atoms with van der Waals surface area (Å²) in [5.74, 6) is 0.570. The number of para-hydroxylation sites is 1. The SMILES string of the molecule is CN(Cc1ccccc1)c1nncc(Nc2ccccc2F)n1. The van der Waals surface area contributed by atoms with Crippen molar-refractivity contribution in [2.75, 3.05) is 17.3 Å². The van der Waals surface area contributed by atoms with Crippen LogP contribution < -0.4 is 10.2 Å². The second kappa shape index (κ2) is 6.83. The van der Waals surface area contributed by atoms with Gasteiger partial charge in [-0.05, 0) is 17.7 Å². The Bertz CT molecular complexity index is 779. The molecule has 2 aromatic carbocycles. The molecule has 0 aliphatic carbocycles. The highest BCUT2D eigenvalue weighted by molar-refractivity contribution is 5.56. The highest BCUT2D eigenvalue weighted by Gasteiger charge is 2.08. The highest BCUT2D eigenvalue weighted by atomic mass is 19.1. The van der Waals surface area contributed by atoms with Gasteiger partial charge < -0.3 is 10.2 Å². The third-order valence-corrected chi connectivity index (χ3v) is 3.29. The van der Waals surface area contributed by atoms with Gasteiger partial charge >= 0.3 is 0 Å². The van der Waals surface area contributed by atoms with Gasteiger partial charge in [-0.2, -0.15) is 10.1 Å². The zero-order valence-electron chi connectivity index (χ0n) is 12.6. The minimum atomic E-state index is -0.342. The molecule has 0 unspecified atom stereocenters. The number of halogens is 1. The molecule has 116 valence electrons. The Morgan fingerprint density at radius 3 is 2.57 bits per heavy atom. The van der Waals surface area contributed by atoms with Crippen molar-refractivity contribution >= 4 is 17.5 Å².